The molecule has 9 heteroatoms. The number of carbonyl (C=O) groups is 1. The minimum Gasteiger partial charge on any atom is -0.442 e. The zero-order valence-electron chi connectivity index (χ0n) is 16.6. The standard InChI is InChI=1S/C22H19FN4O3S/c1-13(31)25-11-16-12-27(22(29)30-16)15-4-5-19(17(23)10-15)26-20-7-6-18-14(9-21(20)28)3-2-8-24-18/h2-10,16H,11-12H2,1H3,(H,25,31)(H,26,28). The maximum atomic E-state index is 14.8. The molecule has 1 amide bonds. The van der Waals surface area contributed by atoms with Crippen LogP contribution in [0.5, 0.6) is 0 Å². The fourth-order valence-electron chi connectivity index (χ4n) is 3.27. The molecule has 2 heterocycles. The number of carbonyl (C=O) groups excluding carboxylic acids is 1. The summed E-state index contributed by atoms with van der Waals surface area (Å²) in [7, 11) is 0. The van der Waals surface area contributed by atoms with E-state index in [0.29, 0.717) is 28.1 Å². The quantitative estimate of drug-likeness (QED) is 0.587. The predicted octanol–water partition coefficient (Wildman–Crippen LogP) is 3.74. The zero-order valence-corrected chi connectivity index (χ0v) is 17.4. The summed E-state index contributed by atoms with van der Waals surface area (Å²) >= 11 is 4.96. The number of benzene rings is 1. The van der Waals surface area contributed by atoms with Gasteiger partial charge in [0.2, 0.25) is 5.43 Å². The number of ether oxygens (including phenoxy) is 1. The van der Waals surface area contributed by atoms with Gasteiger partial charge >= 0.3 is 6.09 Å². The number of halogens is 1. The number of anilines is 3. The minimum atomic E-state index is -0.602. The SMILES string of the molecule is CC(=S)NCC1CN(c2ccc(Nc3ccc4ncccc4cc3=O)c(F)c2)C(=O)O1. The lowest BCUT2D eigenvalue weighted by molar-refractivity contribution is 0.143. The summed E-state index contributed by atoms with van der Waals surface area (Å²) in [6.07, 6.45) is 0.699. The molecule has 3 aromatic rings. The molecule has 158 valence electrons. The number of hydrogen-bond acceptors (Lipinski definition) is 6. The monoisotopic (exact) mass is 438 g/mol. The van der Waals surface area contributed by atoms with E-state index in [-0.39, 0.29) is 29.5 Å². The Balaban J connectivity index is 1.54. The van der Waals surface area contributed by atoms with Gasteiger partial charge in [0.05, 0.1) is 40.7 Å². The second kappa shape index (κ2) is 8.65. The van der Waals surface area contributed by atoms with Gasteiger partial charge in [0.1, 0.15) is 11.9 Å². The molecule has 2 aromatic carbocycles. The van der Waals surface area contributed by atoms with Crippen molar-refractivity contribution in [2.75, 3.05) is 23.3 Å². The van der Waals surface area contributed by atoms with Gasteiger partial charge in [0, 0.05) is 11.6 Å². The minimum absolute atomic E-state index is 0.117. The number of hydrogen-bond donors (Lipinski definition) is 2. The van der Waals surface area contributed by atoms with Gasteiger partial charge in [-0.15, -0.1) is 0 Å². The molecule has 4 rings (SSSR count). The van der Waals surface area contributed by atoms with Crippen molar-refractivity contribution < 1.29 is 13.9 Å². The number of cyclic esters (lactones) is 1. The summed E-state index contributed by atoms with van der Waals surface area (Å²) in [4.78, 5) is 30.9. The van der Waals surface area contributed by atoms with E-state index in [4.69, 9.17) is 17.0 Å². The highest BCUT2D eigenvalue weighted by molar-refractivity contribution is 7.80. The van der Waals surface area contributed by atoms with Gasteiger partial charge in [-0.1, -0.05) is 18.3 Å². The van der Waals surface area contributed by atoms with Crippen LogP contribution in [0.1, 0.15) is 6.92 Å². The van der Waals surface area contributed by atoms with Crippen molar-refractivity contribution in [2.45, 2.75) is 13.0 Å². The van der Waals surface area contributed by atoms with Gasteiger partial charge in [-0.2, -0.15) is 0 Å². The van der Waals surface area contributed by atoms with Gasteiger partial charge in [-0.25, -0.2) is 9.18 Å². The number of fused-ring (bicyclic) bond motifs is 1. The van der Waals surface area contributed by atoms with Crippen LogP contribution in [0.2, 0.25) is 0 Å². The second-order valence-electron chi connectivity index (χ2n) is 7.08. The van der Waals surface area contributed by atoms with Gasteiger partial charge in [0.15, 0.2) is 0 Å². The third-order valence-corrected chi connectivity index (χ3v) is 4.96. The average Bonchev–Trinajstić information content (AvgIpc) is 3.03. The summed E-state index contributed by atoms with van der Waals surface area (Å²) in [6, 6.07) is 12.6. The molecule has 31 heavy (non-hydrogen) atoms. The lowest BCUT2D eigenvalue weighted by Crippen LogP contribution is -2.32. The topological polar surface area (TPSA) is 83.6 Å². The van der Waals surface area contributed by atoms with E-state index in [1.807, 2.05) is 0 Å². The first-order chi connectivity index (χ1) is 14.9. The van der Waals surface area contributed by atoms with Crippen LogP contribution in [0, 0.1) is 5.82 Å². The molecule has 1 atom stereocenters. The Labute approximate surface area is 182 Å². The van der Waals surface area contributed by atoms with Crippen LogP contribution in [0.15, 0.2) is 59.5 Å². The Morgan fingerprint density at radius 1 is 1.23 bits per heavy atom. The van der Waals surface area contributed by atoms with Crippen LogP contribution in [0.4, 0.5) is 26.2 Å². The number of amides is 1. The number of thiocarbonyl (C=S) groups is 1. The highest BCUT2D eigenvalue weighted by atomic mass is 32.1. The molecule has 0 radical (unpaired) electrons. The molecule has 2 N–H and O–H groups in total. The Morgan fingerprint density at radius 3 is 2.81 bits per heavy atom. The molecule has 1 fully saturated rings. The Morgan fingerprint density at radius 2 is 2.03 bits per heavy atom. The van der Waals surface area contributed by atoms with Crippen molar-refractivity contribution in [1.82, 2.24) is 10.3 Å². The van der Waals surface area contributed by atoms with Crippen molar-refractivity contribution in [1.29, 1.82) is 0 Å². The number of pyridine rings is 1. The van der Waals surface area contributed by atoms with Crippen molar-refractivity contribution in [3.05, 3.63) is 70.8 Å². The van der Waals surface area contributed by atoms with E-state index in [2.05, 4.69) is 15.6 Å². The predicted molar refractivity (Wildman–Crippen MR) is 122 cm³/mol. The maximum Gasteiger partial charge on any atom is 0.414 e. The molecule has 0 bridgehead atoms. The molecule has 1 aliphatic rings. The van der Waals surface area contributed by atoms with Crippen molar-refractivity contribution in [2.24, 2.45) is 0 Å². The van der Waals surface area contributed by atoms with E-state index < -0.39 is 11.9 Å². The van der Waals surface area contributed by atoms with E-state index in [0.717, 1.165) is 0 Å². The first-order valence-corrected chi connectivity index (χ1v) is 10.00. The van der Waals surface area contributed by atoms with Gasteiger partial charge in [0.25, 0.3) is 0 Å². The average molecular weight is 438 g/mol. The van der Waals surface area contributed by atoms with Crippen LogP contribution in [-0.4, -0.2) is 35.3 Å². The highest BCUT2D eigenvalue weighted by Gasteiger charge is 2.32. The molecule has 1 saturated heterocycles. The van der Waals surface area contributed by atoms with Crippen LogP contribution in [-0.2, 0) is 4.74 Å². The van der Waals surface area contributed by atoms with Crippen LogP contribution < -0.4 is 21.0 Å². The van der Waals surface area contributed by atoms with Crippen LogP contribution in [0.3, 0.4) is 0 Å². The smallest absolute Gasteiger partial charge is 0.414 e. The van der Waals surface area contributed by atoms with Crippen molar-refractivity contribution in [3.8, 4) is 0 Å². The number of nitrogens with zero attached hydrogens (tertiary/aromatic N) is 2. The van der Waals surface area contributed by atoms with E-state index in [9.17, 15) is 14.0 Å². The molecular formula is C22H19FN4O3S. The van der Waals surface area contributed by atoms with Crippen molar-refractivity contribution in [3.63, 3.8) is 0 Å². The molecule has 1 aromatic heterocycles. The molecule has 0 saturated carbocycles. The molecule has 7 nitrogen and oxygen atoms in total. The third kappa shape index (κ3) is 4.61. The lowest BCUT2D eigenvalue weighted by atomic mass is 10.2. The Bertz CT molecular complexity index is 1240. The molecule has 0 aliphatic carbocycles. The fourth-order valence-corrected chi connectivity index (χ4v) is 3.36. The molecule has 1 unspecified atom stereocenters. The number of aromatic nitrogens is 1. The molecule has 1 aliphatic heterocycles. The number of nitrogens with one attached hydrogen (secondary N) is 2. The summed E-state index contributed by atoms with van der Waals surface area (Å²) in [5.74, 6) is -0.602. The van der Waals surface area contributed by atoms with E-state index in [1.54, 1.807) is 43.5 Å². The normalized spacial score (nSPS) is 15.6. The van der Waals surface area contributed by atoms with Gasteiger partial charge in [-0.05, 0) is 49.4 Å². The van der Waals surface area contributed by atoms with E-state index in [1.165, 1.54) is 23.1 Å². The van der Waals surface area contributed by atoms with Gasteiger partial charge in [-0.3, -0.25) is 14.7 Å². The lowest BCUT2D eigenvalue weighted by Gasteiger charge is -2.15. The fraction of sp³-hybridized carbons (Fsp3) is 0.182. The summed E-state index contributed by atoms with van der Waals surface area (Å²) in [6.45, 7) is 2.41. The summed E-state index contributed by atoms with van der Waals surface area (Å²) in [5, 5.41) is 6.48. The van der Waals surface area contributed by atoms with Crippen molar-refractivity contribution >= 4 is 51.3 Å². The second-order valence-corrected chi connectivity index (χ2v) is 7.69. The highest BCUT2D eigenvalue weighted by Crippen LogP contribution is 2.27. The first kappa shape index (κ1) is 20.7. The maximum absolute atomic E-state index is 14.8. The third-order valence-electron chi connectivity index (χ3n) is 4.82. The van der Waals surface area contributed by atoms with Crippen LogP contribution >= 0.6 is 12.2 Å². The Kier molecular flexibility index (Phi) is 5.77. The zero-order chi connectivity index (χ0) is 22.0. The molecule has 0 spiro atoms. The Hall–Kier alpha value is -3.59. The van der Waals surface area contributed by atoms with E-state index >= 15 is 0 Å². The first-order valence-electron chi connectivity index (χ1n) is 9.59. The largest absolute Gasteiger partial charge is 0.442 e. The summed E-state index contributed by atoms with van der Waals surface area (Å²) < 4.78 is 20.1. The van der Waals surface area contributed by atoms with Gasteiger partial charge < -0.3 is 15.4 Å². The van der Waals surface area contributed by atoms with Crippen LogP contribution in [0.25, 0.3) is 10.9 Å². The summed E-state index contributed by atoms with van der Waals surface area (Å²) in [5.41, 5.74) is 1.06. The number of rotatable bonds is 5. The molecular weight excluding hydrogens is 419 g/mol.